The highest BCUT2D eigenvalue weighted by Gasteiger charge is 2.07. The molecular weight excluding hydrogens is 402 g/mol. The van der Waals surface area contributed by atoms with Crippen LogP contribution in [-0.2, 0) is 16.0 Å². The quantitative estimate of drug-likeness (QED) is 0.504. The van der Waals surface area contributed by atoms with E-state index in [1.165, 1.54) is 13.3 Å². The molecule has 0 radical (unpaired) electrons. The number of benzene rings is 2. The van der Waals surface area contributed by atoms with Crippen LogP contribution in [-0.4, -0.2) is 31.7 Å². The summed E-state index contributed by atoms with van der Waals surface area (Å²) in [5, 5.41) is 3.93. The minimum atomic E-state index is -0.578. The Morgan fingerprint density at radius 2 is 1.92 bits per heavy atom. The van der Waals surface area contributed by atoms with E-state index in [-0.39, 0.29) is 18.9 Å². The first-order chi connectivity index (χ1) is 12.5. The minimum Gasteiger partial charge on any atom is -0.493 e. The van der Waals surface area contributed by atoms with Crippen LogP contribution in [0, 0.1) is 0 Å². The van der Waals surface area contributed by atoms with Gasteiger partial charge in [-0.15, -0.1) is 0 Å². The molecule has 7 nitrogen and oxygen atoms in total. The summed E-state index contributed by atoms with van der Waals surface area (Å²) in [6, 6.07) is 12.5. The maximum atomic E-state index is 11.9. The van der Waals surface area contributed by atoms with Gasteiger partial charge in [0, 0.05) is 4.47 Å². The Bertz CT molecular complexity index is 807. The van der Waals surface area contributed by atoms with E-state index in [4.69, 9.17) is 15.2 Å². The van der Waals surface area contributed by atoms with Gasteiger partial charge in [0.15, 0.2) is 18.1 Å². The van der Waals surface area contributed by atoms with Gasteiger partial charge >= 0.3 is 0 Å². The van der Waals surface area contributed by atoms with Crippen LogP contribution in [0.25, 0.3) is 0 Å². The Hall–Kier alpha value is -2.87. The van der Waals surface area contributed by atoms with Gasteiger partial charge < -0.3 is 15.2 Å². The Kier molecular flexibility index (Phi) is 7.16. The Morgan fingerprint density at radius 1 is 1.19 bits per heavy atom. The van der Waals surface area contributed by atoms with Crippen molar-refractivity contribution in [2.45, 2.75) is 6.42 Å². The lowest BCUT2D eigenvalue weighted by Gasteiger charge is -2.09. The summed E-state index contributed by atoms with van der Waals surface area (Å²) in [6.45, 7) is -0.240. The molecule has 0 unspecified atom stereocenters. The second kappa shape index (κ2) is 9.57. The summed E-state index contributed by atoms with van der Waals surface area (Å²) in [4.78, 5) is 22.7. The number of amides is 2. The van der Waals surface area contributed by atoms with Gasteiger partial charge in [0.25, 0.3) is 5.91 Å². The number of methoxy groups -OCH3 is 1. The van der Waals surface area contributed by atoms with Crippen LogP contribution in [0.2, 0.25) is 0 Å². The number of rotatable bonds is 8. The Labute approximate surface area is 159 Å². The third-order valence-corrected chi connectivity index (χ3v) is 3.77. The fourth-order valence-electron chi connectivity index (χ4n) is 2.04. The van der Waals surface area contributed by atoms with Gasteiger partial charge in [-0.3, -0.25) is 9.59 Å². The fourth-order valence-corrected chi connectivity index (χ4v) is 2.30. The van der Waals surface area contributed by atoms with Crippen LogP contribution in [0.4, 0.5) is 0 Å². The van der Waals surface area contributed by atoms with Crippen molar-refractivity contribution in [1.82, 2.24) is 5.43 Å². The summed E-state index contributed by atoms with van der Waals surface area (Å²) < 4.78 is 11.4. The highest BCUT2D eigenvalue weighted by atomic mass is 79.9. The van der Waals surface area contributed by atoms with Crippen LogP contribution in [0.3, 0.4) is 0 Å². The molecule has 0 heterocycles. The molecular formula is C18H18BrN3O4. The predicted octanol–water partition coefficient (Wildman–Crippen LogP) is 2.01. The molecule has 0 fully saturated rings. The number of carbonyl (C=O) groups excluding carboxylic acids is 2. The molecule has 3 N–H and O–H groups in total. The normalized spacial score (nSPS) is 10.5. The number of carbonyl (C=O) groups is 2. The van der Waals surface area contributed by atoms with E-state index in [1.807, 2.05) is 24.3 Å². The van der Waals surface area contributed by atoms with E-state index in [0.717, 1.165) is 10.0 Å². The van der Waals surface area contributed by atoms with Crippen LogP contribution in [0.1, 0.15) is 11.1 Å². The molecule has 2 amide bonds. The second-order valence-electron chi connectivity index (χ2n) is 5.26. The molecule has 8 heteroatoms. The zero-order chi connectivity index (χ0) is 18.9. The molecule has 0 atom stereocenters. The summed E-state index contributed by atoms with van der Waals surface area (Å²) in [5.74, 6) is 0.0160. The molecule has 0 saturated carbocycles. The summed E-state index contributed by atoms with van der Waals surface area (Å²) in [6.07, 6.45) is 1.72. The van der Waals surface area contributed by atoms with Gasteiger partial charge in [-0.2, -0.15) is 5.10 Å². The molecule has 0 saturated heterocycles. The summed E-state index contributed by atoms with van der Waals surface area (Å²) >= 11 is 3.35. The van der Waals surface area contributed by atoms with E-state index < -0.39 is 5.91 Å². The average molecular weight is 420 g/mol. The van der Waals surface area contributed by atoms with Crippen molar-refractivity contribution in [3.05, 3.63) is 58.1 Å². The van der Waals surface area contributed by atoms with Gasteiger partial charge in [0.1, 0.15) is 0 Å². The number of nitrogens with zero attached hydrogens (tertiary/aromatic N) is 1. The zero-order valence-electron chi connectivity index (χ0n) is 14.1. The lowest BCUT2D eigenvalue weighted by Crippen LogP contribution is -2.20. The van der Waals surface area contributed by atoms with Crippen LogP contribution >= 0.6 is 15.9 Å². The number of primary amides is 1. The SMILES string of the molecule is COc1cc(/C=N/NC(=O)Cc2ccc(Br)cc2)ccc1OCC(N)=O. The van der Waals surface area contributed by atoms with Crippen molar-refractivity contribution >= 4 is 34.0 Å². The molecule has 0 aromatic heterocycles. The van der Waals surface area contributed by atoms with E-state index in [2.05, 4.69) is 26.5 Å². The van der Waals surface area contributed by atoms with Crippen LogP contribution < -0.4 is 20.6 Å². The van der Waals surface area contributed by atoms with Crippen LogP contribution in [0.5, 0.6) is 11.5 Å². The Morgan fingerprint density at radius 3 is 2.58 bits per heavy atom. The fraction of sp³-hybridized carbons (Fsp3) is 0.167. The number of halogens is 1. The van der Waals surface area contributed by atoms with Gasteiger partial charge in [-0.25, -0.2) is 5.43 Å². The molecule has 2 aromatic carbocycles. The monoisotopic (exact) mass is 419 g/mol. The molecule has 0 spiro atoms. The van der Waals surface area contributed by atoms with Gasteiger partial charge in [0.05, 0.1) is 19.7 Å². The van der Waals surface area contributed by atoms with Crippen molar-refractivity contribution in [2.75, 3.05) is 13.7 Å². The minimum absolute atomic E-state index is 0.225. The number of nitrogens with two attached hydrogens (primary N) is 1. The van der Waals surface area contributed by atoms with E-state index in [9.17, 15) is 9.59 Å². The van der Waals surface area contributed by atoms with Crippen molar-refractivity contribution in [3.63, 3.8) is 0 Å². The molecule has 0 aliphatic carbocycles. The van der Waals surface area contributed by atoms with Gasteiger partial charge in [0.2, 0.25) is 5.91 Å². The first-order valence-electron chi connectivity index (χ1n) is 7.63. The smallest absolute Gasteiger partial charge is 0.255 e. The molecule has 2 rings (SSSR count). The number of ether oxygens (including phenoxy) is 2. The topological polar surface area (TPSA) is 103 Å². The molecule has 2 aromatic rings. The second-order valence-corrected chi connectivity index (χ2v) is 6.18. The first kappa shape index (κ1) is 19.5. The third kappa shape index (κ3) is 6.21. The summed E-state index contributed by atoms with van der Waals surface area (Å²) in [5.41, 5.74) is 9.10. The van der Waals surface area contributed by atoms with E-state index in [1.54, 1.807) is 18.2 Å². The molecule has 0 bridgehead atoms. The number of hydrazone groups is 1. The van der Waals surface area contributed by atoms with Gasteiger partial charge in [-0.05, 0) is 41.5 Å². The highest BCUT2D eigenvalue weighted by Crippen LogP contribution is 2.27. The third-order valence-electron chi connectivity index (χ3n) is 3.24. The molecule has 136 valence electrons. The van der Waals surface area contributed by atoms with Crippen molar-refractivity contribution in [3.8, 4) is 11.5 Å². The highest BCUT2D eigenvalue weighted by molar-refractivity contribution is 9.10. The summed E-state index contributed by atoms with van der Waals surface area (Å²) in [7, 11) is 1.48. The zero-order valence-corrected chi connectivity index (χ0v) is 15.7. The maximum Gasteiger partial charge on any atom is 0.255 e. The standard InChI is InChI=1S/C18H18BrN3O4/c1-25-16-8-13(4-7-15(16)26-11-17(20)23)10-21-22-18(24)9-12-2-5-14(19)6-3-12/h2-8,10H,9,11H2,1H3,(H2,20,23)(H,22,24)/b21-10+. The average Bonchev–Trinajstić information content (AvgIpc) is 2.62. The first-order valence-corrected chi connectivity index (χ1v) is 8.42. The van der Waals surface area contributed by atoms with Crippen molar-refractivity contribution < 1.29 is 19.1 Å². The molecule has 0 aliphatic rings. The lowest BCUT2D eigenvalue weighted by molar-refractivity contribution is -0.121. The Balaban J connectivity index is 1.93. The van der Waals surface area contributed by atoms with Crippen molar-refractivity contribution in [1.29, 1.82) is 0 Å². The number of nitrogens with one attached hydrogen (secondary N) is 1. The van der Waals surface area contributed by atoms with E-state index in [0.29, 0.717) is 17.1 Å². The molecule has 26 heavy (non-hydrogen) atoms. The molecule has 0 aliphatic heterocycles. The van der Waals surface area contributed by atoms with Gasteiger partial charge in [-0.1, -0.05) is 28.1 Å². The largest absolute Gasteiger partial charge is 0.493 e. The maximum absolute atomic E-state index is 11.9. The number of hydrogen-bond acceptors (Lipinski definition) is 5. The van der Waals surface area contributed by atoms with Crippen LogP contribution in [0.15, 0.2) is 52.0 Å². The number of hydrogen-bond donors (Lipinski definition) is 2. The predicted molar refractivity (Wildman–Crippen MR) is 101 cm³/mol. The van der Waals surface area contributed by atoms with E-state index >= 15 is 0 Å². The van der Waals surface area contributed by atoms with Crippen molar-refractivity contribution in [2.24, 2.45) is 10.8 Å². The lowest BCUT2D eigenvalue weighted by atomic mass is 10.1.